The van der Waals surface area contributed by atoms with Crippen LogP contribution >= 0.6 is 12.2 Å². The molecule has 112 valence electrons. The van der Waals surface area contributed by atoms with Gasteiger partial charge in [0.15, 0.2) is 5.11 Å². The first-order chi connectivity index (χ1) is 8.97. The highest BCUT2D eigenvalue weighted by Gasteiger charge is 2.24. The Labute approximate surface area is 123 Å². The molecule has 0 saturated carbocycles. The van der Waals surface area contributed by atoms with Crippen LogP contribution in [0, 0.1) is 0 Å². The molecule has 2 aliphatic heterocycles. The van der Waals surface area contributed by atoms with Crippen LogP contribution < -0.4 is 11.1 Å². The highest BCUT2D eigenvalue weighted by atomic mass is 32.1. The zero-order valence-electron chi connectivity index (χ0n) is 12.7. The van der Waals surface area contributed by atoms with Crippen LogP contribution in [0.3, 0.4) is 0 Å². The van der Waals surface area contributed by atoms with E-state index in [1.165, 1.54) is 32.2 Å². The number of nitrogens with zero attached hydrogens (tertiary/aromatic N) is 3. The largest absolute Gasteiger partial charge is 0.376 e. The Hall–Kier alpha value is -0.430. The minimum absolute atomic E-state index is 0.424. The Balaban J connectivity index is 0.000000200. The summed E-state index contributed by atoms with van der Waals surface area (Å²) in [5, 5.41) is 3.73. The number of likely N-dealkylation sites (tertiary alicyclic amines) is 2. The number of hydrogen-bond donors (Lipinski definition) is 2. The van der Waals surface area contributed by atoms with E-state index in [-0.39, 0.29) is 0 Å². The minimum Gasteiger partial charge on any atom is -0.376 e. The quantitative estimate of drug-likeness (QED) is 0.720. The van der Waals surface area contributed by atoms with E-state index >= 15 is 0 Å². The molecule has 0 aromatic heterocycles. The van der Waals surface area contributed by atoms with Crippen LogP contribution in [-0.4, -0.2) is 73.4 Å². The second-order valence-electron chi connectivity index (χ2n) is 5.48. The van der Waals surface area contributed by atoms with E-state index in [0.29, 0.717) is 17.4 Å². The molecule has 0 radical (unpaired) electrons. The second-order valence-corrected chi connectivity index (χ2v) is 5.90. The van der Waals surface area contributed by atoms with Crippen LogP contribution in [0.4, 0.5) is 0 Å². The first-order valence-electron chi connectivity index (χ1n) is 7.07. The maximum atomic E-state index is 5.51. The number of thiocarbonyl (C=S) groups is 1. The van der Waals surface area contributed by atoms with Gasteiger partial charge in [-0.3, -0.25) is 9.80 Å². The van der Waals surface area contributed by atoms with Gasteiger partial charge in [0, 0.05) is 7.05 Å². The molecule has 0 amide bonds. The number of nitrogens with one attached hydrogen (secondary N) is 1. The van der Waals surface area contributed by atoms with Gasteiger partial charge in [-0.15, -0.1) is 0 Å². The molecule has 2 aliphatic rings. The molecular weight excluding hydrogens is 258 g/mol. The normalized spacial score (nSPS) is 28.0. The standard InChI is InChI=1S/C7H15N3S.C6H14N2/c1-9-5-3-4-6(9)10(2)7(8)11;1-7-6-4-3-5-8(6)2/h6H,3-5H2,1-2H3,(H2,8,11);6-7H,3-5H2,1-2H3. The van der Waals surface area contributed by atoms with Gasteiger partial charge in [0.05, 0.1) is 12.3 Å². The van der Waals surface area contributed by atoms with Gasteiger partial charge in [-0.1, -0.05) is 0 Å². The Morgan fingerprint density at radius 3 is 2.11 bits per heavy atom. The molecule has 6 heteroatoms. The van der Waals surface area contributed by atoms with Crippen molar-refractivity contribution in [1.82, 2.24) is 20.0 Å². The van der Waals surface area contributed by atoms with Crippen molar-refractivity contribution in [3.63, 3.8) is 0 Å². The summed E-state index contributed by atoms with van der Waals surface area (Å²) in [6.07, 6.45) is 6.15. The fourth-order valence-corrected chi connectivity index (χ4v) is 2.93. The average molecular weight is 287 g/mol. The maximum Gasteiger partial charge on any atom is 0.167 e. The molecule has 0 aromatic carbocycles. The summed E-state index contributed by atoms with van der Waals surface area (Å²) in [6.45, 7) is 2.41. The third-order valence-electron chi connectivity index (χ3n) is 4.13. The number of hydrogen-bond acceptors (Lipinski definition) is 4. The van der Waals surface area contributed by atoms with E-state index in [2.05, 4.69) is 29.2 Å². The monoisotopic (exact) mass is 287 g/mol. The Morgan fingerprint density at radius 2 is 1.79 bits per heavy atom. The van der Waals surface area contributed by atoms with Crippen molar-refractivity contribution in [3.05, 3.63) is 0 Å². The molecule has 2 atom stereocenters. The average Bonchev–Trinajstić information content (AvgIpc) is 2.97. The van der Waals surface area contributed by atoms with Gasteiger partial charge >= 0.3 is 0 Å². The highest BCUT2D eigenvalue weighted by Crippen LogP contribution is 2.16. The zero-order valence-corrected chi connectivity index (χ0v) is 13.5. The van der Waals surface area contributed by atoms with Gasteiger partial charge in [0.25, 0.3) is 0 Å². The van der Waals surface area contributed by atoms with E-state index in [4.69, 9.17) is 18.0 Å². The summed E-state index contributed by atoms with van der Waals surface area (Å²) in [5.41, 5.74) is 5.51. The minimum atomic E-state index is 0.424. The highest BCUT2D eigenvalue weighted by molar-refractivity contribution is 7.80. The van der Waals surface area contributed by atoms with Gasteiger partial charge in [-0.05, 0) is 72.1 Å². The van der Waals surface area contributed by atoms with Crippen LogP contribution in [-0.2, 0) is 0 Å². The molecule has 2 unspecified atom stereocenters. The fraction of sp³-hybridized carbons (Fsp3) is 0.923. The Kier molecular flexibility index (Phi) is 6.99. The summed E-state index contributed by atoms with van der Waals surface area (Å²) in [7, 11) is 8.24. The topological polar surface area (TPSA) is 47.8 Å². The van der Waals surface area contributed by atoms with Crippen molar-refractivity contribution in [3.8, 4) is 0 Å². The van der Waals surface area contributed by atoms with Crippen LogP contribution in [0.5, 0.6) is 0 Å². The van der Waals surface area contributed by atoms with E-state index in [9.17, 15) is 0 Å². The summed E-state index contributed by atoms with van der Waals surface area (Å²) in [6, 6.07) is 0. The molecule has 19 heavy (non-hydrogen) atoms. The van der Waals surface area contributed by atoms with Crippen molar-refractivity contribution < 1.29 is 0 Å². The number of nitrogens with two attached hydrogens (primary N) is 1. The van der Waals surface area contributed by atoms with Gasteiger partial charge in [0.2, 0.25) is 0 Å². The molecule has 2 rings (SSSR count). The van der Waals surface area contributed by atoms with E-state index in [1.54, 1.807) is 0 Å². The summed E-state index contributed by atoms with van der Waals surface area (Å²) in [4.78, 5) is 6.58. The molecule has 3 N–H and O–H groups in total. The van der Waals surface area contributed by atoms with E-state index < -0.39 is 0 Å². The van der Waals surface area contributed by atoms with Crippen molar-refractivity contribution >= 4 is 17.3 Å². The van der Waals surface area contributed by atoms with Gasteiger partial charge < -0.3 is 16.0 Å². The third-order valence-corrected chi connectivity index (χ3v) is 4.42. The SMILES string of the molecule is CN1CCCC1N(C)C(N)=S.CNC1CCCN1C. The Morgan fingerprint density at radius 1 is 1.21 bits per heavy atom. The lowest BCUT2D eigenvalue weighted by Crippen LogP contribution is -2.46. The van der Waals surface area contributed by atoms with E-state index in [1.807, 2.05) is 19.0 Å². The van der Waals surface area contributed by atoms with Crippen LogP contribution in [0.25, 0.3) is 0 Å². The van der Waals surface area contributed by atoms with Gasteiger partial charge in [-0.25, -0.2) is 0 Å². The fourth-order valence-electron chi connectivity index (χ4n) is 2.80. The van der Waals surface area contributed by atoms with E-state index in [0.717, 1.165) is 6.54 Å². The molecule has 2 saturated heterocycles. The smallest absolute Gasteiger partial charge is 0.167 e. The lowest BCUT2D eigenvalue weighted by Gasteiger charge is -2.30. The first-order valence-corrected chi connectivity index (χ1v) is 7.48. The number of rotatable bonds is 2. The van der Waals surface area contributed by atoms with Crippen molar-refractivity contribution in [2.45, 2.75) is 38.0 Å². The first kappa shape index (κ1) is 16.6. The van der Waals surface area contributed by atoms with Crippen molar-refractivity contribution in [2.75, 3.05) is 41.3 Å². The molecule has 5 nitrogen and oxygen atoms in total. The summed E-state index contributed by atoms with van der Waals surface area (Å²) in [5.74, 6) is 0. The summed E-state index contributed by atoms with van der Waals surface area (Å²) < 4.78 is 0. The van der Waals surface area contributed by atoms with Crippen molar-refractivity contribution in [2.24, 2.45) is 5.73 Å². The van der Waals surface area contributed by atoms with Gasteiger partial charge in [-0.2, -0.15) is 0 Å². The molecule has 2 heterocycles. The predicted octanol–water partition coefficient (Wildman–Crippen LogP) is 0.471. The molecule has 2 fully saturated rings. The predicted molar refractivity (Wildman–Crippen MR) is 84.9 cm³/mol. The third kappa shape index (κ3) is 4.87. The molecule has 0 spiro atoms. The van der Waals surface area contributed by atoms with Crippen LogP contribution in [0.1, 0.15) is 25.7 Å². The van der Waals surface area contributed by atoms with Crippen LogP contribution in [0.2, 0.25) is 0 Å². The molecule has 0 aliphatic carbocycles. The zero-order chi connectivity index (χ0) is 14.4. The molecule has 0 aromatic rings. The second kappa shape index (κ2) is 7.99. The summed E-state index contributed by atoms with van der Waals surface area (Å²) >= 11 is 4.88. The Bertz CT molecular complexity index is 286. The molecule has 0 bridgehead atoms. The molecular formula is C13H29N5S. The van der Waals surface area contributed by atoms with Gasteiger partial charge in [0.1, 0.15) is 0 Å². The van der Waals surface area contributed by atoms with Crippen molar-refractivity contribution in [1.29, 1.82) is 0 Å². The lowest BCUT2D eigenvalue weighted by molar-refractivity contribution is 0.186. The maximum absolute atomic E-state index is 5.51. The van der Waals surface area contributed by atoms with Crippen LogP contribution in [0.15, 0.2) is 0 Å². The lowest BCUT2D eigenvalue weighted by atomic mass is 10.3.